The van der Waals surface area contributed by atoms with Gasteiger partial charge in [-0.15, -0.1) is 0 Å². The summed E-state index contributed by atoms with van der Waals surface area (Å²) in [5, 5.41) is 0. The van der Waals surface area contributed by atoms with Gasteiger partial charge in [0.25, 0.3) is 5.65 Å². The molecule has 0 N–H and O–H groups in total. The number of alkyl halides is 3. The van der Waals surface area contributed by atoms with Crippen molar-refractivity contribution in [2.24, 2.45) is 0 Å². The van der Waals surface area contributed by atoms with Crippen LogP contribution in [0.3, 0.4) is 0 Å². The van der Waals surface area contributed by atoms with Gasteiger partial charge >= 0.3 is 6.18 Å². The first-order valence-corrected chi connectivity index (χ1v) is 6.15. The predicted molar refractivity (Wildman–Crippen MR) is 68.1 cm³/mol. The van der Waals surface area contributed by atoms with Crippen LogP contribution in [0.1, 0.15) is 11.1 Å². The van der Waals surface area contributed by atoms with Crippen LogP contribution in [0, 0.1) is 0 Å². The third-order valence-corrected chi connectivity index (χ3v) is 3.18. The van der Waals surface area contributed by atoms with Gasteiger partial charge < -0.3 is 12.4 Å². The Morgan fingerprint density at radius 2 is 1.81 bits per heavy atom. The van der Waals surface area contributed by atoms with Crippen molar-refractivity contribution in [3.8, 4) is 0 Å². The highest BCUT2D eigenvalue weighted by atomic mass is 35.5. The van der Waals surface area contributed by atoms with Crippen LogP contribution in [-0.2, 0) is 12.7 Å². The molecule has 0 saturated heterocycles. The van der Waals surface area contributed by atoms with Crippen LogP contribution in [0.2, 0.25) is 0 Å². The van der Waals surface area contributed by atoms with E-state index in [0.29, 0.717) is 12.1 Å². The standard InChI is InChI=1S/C15H12F3N2.ClH/c16-15(17,18)13-5-3-4-12(10-13)11-20-9-8-19-7-2-1-6-14(19)20;/h1-10H,11H2;1H/q+1;/p-1. The maximum absolute atomic E-state index is 12.7. The van der Waals surface area contributed by atoms with E-state index in [9.17, 15) is 13.2 Å². The number of fused-ring (bicyclic) bond motifs is 1. The maximum atomic E-state index is 12.7. The van der Waals surface area contributed by atoms with Crippen molar-refractivity contribution in [1.82, 2.24) is 4.57 Å². The molecule has 21 heavy (non-hydrogen) atoms. The molecule has 2 nitrogen and oxygen atoms in total. The van der Waals surface area contributed by atoms with Crippen molar-refractivity contribution in [2.45, 2.75) is 12.7 Å². The van der Waals surface area contributed by atoms with Crippen molar-refractivity contribution < 1.29 is 30.0 Å². The summed E-state index contributed by atoms with van der Waals surface area (Å²) in [4.78, 5) is 0. The first kappa shape index (κ1) is 15.4. The Morgan fingerprint density at radius 3 is 2.57 bits per heavy atom. The number of aromatic nitrogens is 2. The lowest BCUT2D eigenvalue weighted by Gasteiger charge is -2.07. The van der Waals surface area contributed by atoms with E-state index in [4.69, 9.17) is 0 Å². The molecule has 3 aromatic rings. The molecule has 0 aliphatic carbocycles. The quantitative estimate of drug-likeness (QED) is 0.602. The molecule has 2 aromatic heterocycles. The number of benzene rings is 1. The molecule has 0 aliphatic heterocycles. The molecule has 0 amide bonds. The van der Waals surface area contributed by atoms with E-state index in [1.165, 1.54) is 12.1 Å². The van der Waals surface area contributed by atoms with Gasteiger partial charge in [-0.25, -0.2) is 8.97 Å². The van der Waals surface area contributed by atoms with E-state index < -0.39 is 11.7 Å². The molecule has 3 rings (SSSR count). The van der Waals surface area contributed by atoms with Gasteiger partial charge in [0, 0.05) is 6.07 Å². The third-order valence-electron chi connectivity index (χ3n) is 3.18. The van der Waals surface area contributed by atoms with Gasteiger partial charge in [0.05, 0.1) is 11.8 Å². The maximum Gasteiger partial charge on any atom is 0.416 e. The molecule has 0 aliphatic rings. The summed E-state index contributed by atoms with van der Waals surface area (Å²) in [6.45, 7) is 0.407. The SMILES string of the molecule is FC(F)(F)c1cccc(Cn2cc[n+]3ccccc23)c1.[Cl-]. The van der Waals surface area contributed by atoms with Gasteiger partial charge in [-0.05, 0) is 23.8 Å². The molecule has 2 heterocycles. The highest BCUT2D eigenvalue weighted by Gasteiger charge is 2.30. The summed E-state index contributed by atoms with van der Waals surface area (Å²) in [6.07, 6.45) is 1.33. The number of hydrogen-bond donors (Lipinski definition) is 0. The second-order valence-corrected chi connectivity index (χ2v) is 4.59. The van der Waals surface area contributed by atoms with Crippen LogP contribution in [0.5, 0.6) is 0 Å². The number of halogens is 4. The monoisotopic (exact) mass is 312 g/mol. The molecule has 0 spiro atoms. The zero-order valence-electron chi connectivity index (χ0n) is 10.9. The van der Waals surface area contributed by atoms with E-state index in [0.717, 1.165) is 11.7 Å². The van der Waals surface area contributed by atoms with Crippen molar-refractivity contribution in [3.05, 3.63) is 72.2 Å². The normalized spacial score (nSPS) is 11.4. The van der Waals surface area contributed by atoms with Crippen molar-refractivity contribution in [1.29, 1.82) is 0 Å². The second kappa shape index (κ2) is 5.77. The van der Waals surface area contributed by atoms with Crippen molar-refractivity contribution in [3.63, 3.8) is 0 Å². The minimum atomic E-state index is -4.30. The number of nitrogens with zero attached hydrogens (tertiary/aromatic N) is 2. The summed E-state index contributed by atoms with van der Waals surface area (Å²) < 4.78 is 41.9. The minimum absolute atomic E-state index is 0. The molecule has 0 unspecified atom stereocenters. The largest absolute Gasteiger partial charge is 1.00 e. The van der Waals surface area contributed by atoms with Crippen LogP contribution in [0.4, 0.5) is 13.2 Å². The number of rotatable bonds is 2. The molecule has 1 aromatic carbocycles. The summed E-state index contributed by atoms with van der Waals surface area (Å²) in [6, 6.07) is 11.2. The molecule has 110 valence electrons. The van der Waals surface area contributed by atoms with Gasteiger partial charge in [0.15, 0.2) is 0 Å². The van der Waals surface area contributed by atoms with Crippen LogP contribution >= 0.6 is 0 Å². The fourth-order valence-electron chi connectivity index (χ4n) is 2.22. The lowest BCUT2D eigenvalue weighted by atomic mass is 10.1. The second-order valence-electron chi connectivity index (χ2n) is 4.59. The first-order valence-electron chi connectivity index (χ1n) is 6.15. The summed E-state index contributed by atoms with van der Waals surface area (Å²) in [5.41, 5.74) is 0.950. The average molecular weight is 313 g/mol. The zero-order chi connectivity index (χ0) is 14.2. The fourth-order valence-corrected chi connectivity index (χ4v) is 2.22. The minimum Gasteiger partial charge on any atom is -1.00 e. The Labute approximate surface area is 125 Å². The average Bonchev–Trinajstić information content (AvgIpc) is 2.82. The Hall–Kier alpha value is -2.01. The van der Waals surface area contributed by atoms with Crippen molar-refractivity contribution >= 4 is 5.65 Å². The van der Waals surface area contributed by atoms with Crippen molar-refractivity contribution in [2.75, 3.05) is 0 Å². The van der Waals surface area contributed by atoms with Gasteiger partial charge in [-0.3, -0.25) is 0 Å². The van der Waals surface area contributed by atoms with Crippen LogP contribution in [0.25, 0.3) is 5.65 Å². The van der Waals surface area contributed by atoms with E-state index in [2.05, 4.69) is 0 Å². The molecule has 0 bridgehead atoms. The van der Waals surface area contributed by atoms with Gasteiger partial charge in [0.1, 0.15) is 18.9 Å². The summed E-state index contributed by atoms with van der Waals surface area (Å²) >= 11 is 0. The van der Waals surface area contributed by atoms with Gasteiger partial charge in [0.2, 0.25) is 0 Å². The van der Waals surface area contributed by atoms with Gasteiger partial charge in [-0.1, -0.05) is 18.2 Å². The van der Waals surface area contributed by atoms with Gasteiger partial charge in [-0.2, -0.15) is 13.2 Å². The molecule has 0 saturated carbocycles. The molecule has 0 fully saturated rings. The molecule has 6 heteroatoms. The molecule has 0 atom stereocenters. The zero-order valence-corrected chi connectivity index (χ0v) is 11.6. The highest BCUT2D eigenvalue weighted by molar-refractivity contribution is 5.32. The van der Waals surface area contributed by atoms with E-state index >= 15 is 0 Å². The molecular formula is C15H12ClF3N2. The molecule has 0 radical (unpaired) electrons. The summed E-state index contributed by atoms with van der Waals surface area (Å²) in [5.74, 6) is 0. The summed E-state index contributed by atoms with van der Waals surface area (Å²) in [7, 11) is 0. The lowest BCUT2D eigenvalue weighted by molar-refractivity contribution is -0.510. The number of imidazole rings is 1. The Morgan fingerprint density at radius 1 is 1.00 bits per heavy atom. The first-order chi connectivity index (χ1) is 9.54. The van der Waals surface area contributed by atoms with E-state index in [1.807, 2.05) is 45.8 Å². The fraction of sp³-hybridized carbons (Fsp3) is 0.133. The highest BCUT2D eigenvalue weighted by Crippen LogP contribution is 2.29. The predicted octanol–water partition coefficient (Wildman–Crippen LogP) is 0.298. The Bertz CT molecular complexity index is 750. The van der Waals surface area contributed by atoms with Crippen LogP contribution < -0.4 is 16.8 Å². The van der Waals surface area contributed by atoms with E-state index in [1.54, 1.807) is 6.07 Å². The Balaban J connectivity index is 0.00000161. The van der Waals surface area contributed by atoms with Crippen LogP contribution in [0.15, 0.2) is 61.1 Å². The third kappa shape index (κ3) is 3.19. The number of pyridine rings is 1. The smallest absolute Gasteiger partial charge is 0.416 e. The van der Waals surface area contributed by atoms with E-state index in [-0.39, 0.29) is 12.4 Å². The topological polar surface area (TPSA) is 9.03 Å². The Kier molecular flexibility index (Phi) is 4.23. The number of hydrogen-bond acceptors (Lipinski definition) is 0. The lowest BCUT2D eigenvalue weighted by Crippen LogP contribution is -3.00. The molecular weight excluding hydrogens is 301 g/mol. The van der Waals surface area contributed by atoms with Crippen LogP contribution in [-0.4, -0.2) is 4.57 Å².